The second-order valence-electron chi connectivity index (χ2n) is 6.21. The molecule has 1 fully saturated rings. The Hall–Kier alpha value is -0.690. The predicted octanol–water partition coefficient (Wildman–Crippen LogP) is 0.729. The molecule has 6 heteroatoms. The van der Waals surface area contributed by atoms with Crippen molar-refractivity contribution in [2.75, 3.05) is 0 Å². The molecular formula is C16H29O6-. The average molecular weight is 317 g/mol. The minimum Gasteiger partial charge on any atom is -0.550 e. The fourth-order valence-electron chi connectivity index (χ4n) is 2.59. The van der Waals surface area contributed by atoms with E-state index in [9.17, 15) is 20.1 Å². The Bertz CT molecular complexity index is 322. The van der Waals surface area contributed by atoms with Gasteiger partial charge in [-0.3, -0.25) is 0 Å². The van der Waals surface area contributed by atoms with Crippen LogP contribution in [0.5, 0.6) is 0 Å². The molecule has 0 aromatic carbocycles. The van der Waals surface area contributed by atoms with Crippen molar-refractivity contribution < 1.29 is 29.6 Å². The average Bonchev–Trinajstić information content (AvgIpc) is 2.43. The van der Waals surface area contributed by atoms with Gasteiger partial charge in [-0.05, 0) is 33.1 Å². The fourth-order valence-corrected chi connectivity index (χ4v) is 2.59. The molecule has 0 aromatic heterocycles. The van der Waals surface area contributed by atoms with Crippen LogP contribution in [0, 0.1) is 0 Å². The molecule has 22 heavy (non-hydrogen) atoms. The normalized spacial score (nSPS) is 30.2. The summed E-state index contributed by atoms with van der Waals surface area (Å²) in [6.07, 6.45) is 3.43. The van der Waals surface area contributed by atoms with Crippen LogP contribution in [0.1, 0.15) is 65.2 Å². The maximum absolute atomic E-state index is 10.3. The zero-order chi connectivity index (χ0) is 16.5. The van der Waals surface area contributed by atoms with Crippen molar-refractivity contribution >= 4 is 5.97 Å². The molecule has 130 valence electrons. The lowest BCUT2D eigenvalue weighted by Gasteiger charge is -2.36. The quantitative estimate of drug-likeness (QED) is 0.576. The summed E-state index contributed by atoms with van der Waals surface area (Å²) in [5.74, 6) is -0.979. The van der Waals surface area contributed by atoms with Crippen LogP contribution in [0.4, 0.5) is 0 Å². The second-order valence-corrected chi connectivity index (χ2v) is 6.21. The number of rotatable bonds is 10. The lowest BCUT2D eigenvalue weighted by molar-refractivity contribution is -0.305. The molecule has 0 radical (unpaired) electrons. The molecule has 2 N–H and O–H groups in total. The third-order valence-corrected chi connectivity index (χ3v) is 4.05. The number of carboxylic acids is 1. The molecule has 1 aliphatic heterocycles. The van der Waals surface area contributed by atoms with Gasteiger partial charge in [0.15, 0.2) is 6.29 Å². The first-order valence-electron chi connectivity index (χ1n) is 8.27. The molecule has 1 heterocycles. The molecule has 6 nitrogen and oxygen atoms in total. The van der Waals surface area contributed by atoms with Crippen molar-refractivity contribution in [3.05, 3.63) is 0 Å². The highest BCUT2D eigenvalue weighted by Gasteiger charge is 2.35. The van der Waals surface area contributed by atoms with Crippen LogP contribution in [-0.4, -0.2) is 46.9 Å². The number of carbonyl (C=O) groups excluding carboxylic acids is 1. The van der Waals surface area contributed by atoms with Gasteiger partial charge in [-0.25, -0.2) is 0 Å². The molecule has 0 bridgehead atoms. The molecule has 1 rings (SSSR count). The zero-order valence-corrected chi connectivity index (χ0v) is 13.6. The summed E-state index contributed by atoms with van der Waals surface area (Å²) in [7, 11) is 0. The van der Waals surface area contributed by atoms with Gasteiger partial charge in [0, 0.05) is 12.4 Å². The summed E-state index contributed by atoms with van der Waals surface area (Å²) in [5.41, 5.74) is 0. The number of unbranched alkanes of at least 4 members (excludes halogenated alkanes) is 4. The molecule has 0 spiro atoms. The standard InChI is InChI=1S/C16H30O6/c1-11(8-6-4-3-5-7-9-15(19)20)21-16-14(18)10-13(17)12(2)22-16/h11-14,16-18H,3-10H2,1-2H3,(H,19,20)/p-1/t11-,12+,13-,14-,16-/m1/s1. The predicted molar refractivity (Wildman–Crippen MR) is 78.8 cm³/mol. The van der Waals surface area contributed by atoms with Gasteiger partial charge in [-0.2, -0.15) is 0 Å². The first-order valence-corrected chi connectivity index (χ1v) is 8.27. The Balaban J connectivity index is 2.08. The van der Waals surface area contributed by atoms with E-state index in [2.05, 4.69) is 0 Å². The summed E-state index contributed by atoms with van der Waals surface area (Å²) in [5, 5.41) is 29.7. The zero-order valence-electron chi connectivity index (χ0n) is 13.6. The summed E-state index contributed by atoms with van der Waals surface area (Å²) >= 11 is 0. The van der Waals surface area contributed by atoms with Gasteiger partial charge < -0.3 is 29.6 Å². The third-order valence-electron chi connectivity index (χ3n) is 4.05. The van der Waals surface area contributed by atoms with Crippen molar-refractivity contribution in [1.29, 1.82) is 0 Å². The van der Waals surface area contributed by atoms with Crippen LogP contribution in [-0.2, 0) is 14.3 Å². The smallest absolute Gasteiger partial charge is 0.184 e. The van der Waals surface area contributed by atoms with E-state index in [1.165, 1.54) is 0 Å². The van der Waals surface area contributed by atoms with Gasteiger partial charge in [0.1, 0.15) is 6.10 Å². The van der Waals surface area contributed by atoms with E-state index in [1.54, 1.807) is 6.92 Å². The maximum Gasteiger partial charge on any atom is 0.184 e. The van der Waals surface area contributed by atoms with E-state index in [-0.39, 0.29) is 25.0 Å². The van der Waals surface area contributed by atoms with Crippen molar-refractivity contribution in [2.24, 2.45) is 0 Å². The Morgan fingerprint density at radius 2 is 1.86 bits per heavy atom. The minimum atomic E-state index is -0.979. The summed E-state index contributed by atoms with van der Waals surface area (Å²) < 4.78 is 11.2. The van der Waals surface area contributed by atoms with E-state index in [4.69, 9.17) is 9.47 Å². The van der Waals surface area contributed by atoms with Gasteiger partial charge >= 0.3 is 0 Å². The summed E-state index contributed by atoms with van der Waals surface area (Å²) in [6.45, 7) is 3.71. The number of carboxylic acid groups (broad SMARTS) is 1. The molecule has 5 atom stereocenters. The third kappa shape index (κ3) is 7.54. The minimum absolute atomic E-state index is 0.0229. The molecule has 1 aliphatic rings. The van der Waals surface area contributed by atoms with Crippen LogP contribution in [0.15, 0.2) is 0 Å². The number of aliphatic hydroxyl groups is 2. The number of hydrogen-bond donors (Lipinski definition) is 2. The first kappa shape index (κ1) is 19.4. The first-order chi connectivity index (χ1) is 10.4. The summed E-state index contributed by atoms with van der Waals surface area (Å²) in [6, 6.07) is 0. The van der Waals surface area contributed by atoms with Crippen molar-refractivity contribution in [2.45, 2.75) is 95.9 Å². The molecule has 0 aromatic rings. The highest BCUT2D eigenvalue weighted by molar-refractivity contribution is 5.63. The van der Waals surface area contributed by atoms with Crippen molar-refractivity contribution in [1.82, 2.24) is 0 Å². The Kier molecular flexibility index (Phi) is 8.93. The number of ether oxygens (including phenoxy) is 2. The molecular weight excluding hydrogens is 288 g/mol. The molecule has 0 amide bonds. The van der Waals surface area contributed by atoms with Crippen LogP contribution in [0.25, 0.3) is 0 Å². The van der Waals surface area contributed by atoms with Gasteiger partial charge in [0.05, 0.1) is 18.3 Å². The lowest BCUT2D eigenvalue weighted by atomic mass is 10.0. The number of carbonyl (C=O) groups is 1. The second kappa shape index (κ2) is 10.2. The lowest BCUT2D eigenvalue weighted by Crippen LogP contribution is -2.48. The van der Waals surface area contributed by atoms with Gasteiger partial charge in [-0.1, -0.05) is 25.7 Å². The van der Waals surface area contributed by atoms with Crippen LogP contribution in [0.3, 0.4) is 0 Å². The van der Waals surface area contributed by atoms with E-state index in [0.717, 1.165) is 32.1 Å². The Morgan fingerprint density at radius 3 is 2.55 bits per heavy atom. The van der Waals surface area contributed by atoms with Gasteiger partial charge in [0.2, 0.25) is 0 Å². The van der Waals surface area contributed by atoms with Gasteiger partial charge in [-0.15, -0.1) is 0 Å². The fraction of sp³-hybridized carbons (Fsp3) is 0.938. The van der Waals surface area contributed by atoms with Crippen molar-refractivity contribution in [3.63, 3.8) is 0 Å². The van der Waals surface area contributed by atoms with Crippen LogP contribution in [0.2, 0.25) is 0 Å². The van der Waals surface area contributed by atoms with E-state index in [1.807, 2.05) is 6.92 Å². The largest absolute Gasteiger partial charge is 0.550 e. The Labute approximate surface area is 132 Å². The van der Waals surface area contributed by atoms with Gasteiger partial charge in [0.25, 0.3) is 0 Å². The summed E-state index contributed by atoms with van der Waals surface area (Å²) in [4.78, 5) is 10.3. The molecule has 1 saturated heterocycles. The highest BCUT2D eigenvalue weighted by Crippen LogP contribution is 2.23. The Morgan fingerprint density at radius 1 is 1.23 bits per heavy atom. The topological polar surface area (TPSA) is 99.1 Å². The molecule has 0 unspecified atom stereocenters. The number of hydrogen-bond acceptors (Lipinski definition) is 6. The number of aliphatic carboxylic acids is 1. The monoisotopic (exact) mass is 317 g/mol. The van der Waals surface area contributed by atoms with E-state index >= 15 is 0 Å². The number of aliphatic hydroxyl groups excluding tert-OH is 2. The van der Waals surface area contributed by atoms with Crippen LogP contribution < -0.4 is 5.11 Å². The van der Waals surface area contributed by atoms with Crippen molar-refractivity contribution in [3.8, 4) is 0 Å². The maximum atomic E-state index is 10.3. The molecule has 0 aliphatic carbocycles. The molecule has 0 saturated carbocycles. The van der Waals surface area contributed by atoms with E-state index in [0.29, 0.717) is 6.42 Å². The highest BCUT2D eigenvalue weighted by atomic mass is 16.7. The van der Waals surface area contributed by atoms with Crippen LogP contribution >= 0.6 is 0 Å². The SMILES string of the molecule is C[C@H](CCCCCCCC(=O)[O-])O[C@@H]1O[C@@H](C)[C@H](O)C[C@H]1O. The van der Waals surface area contributed by atoms with E-state index < -0.39 is 24.5 Å².